The Hall–Kier alpha value is -3.74. The largest absolute Gasteiger partial charge is 0.497 e. The molecule has 0 aliphatic carbocycles. The summed E-state index contributed by atoms with van der Waals surface area (Å²) in [5.74, 6) is 1.18. The zero-order valence-corrected chi connectivity index (χ0v) is 17.5. The van der Waals surface area contributed by atoms with E-state index >= 15 is 0 Å². The lowest BCUT2D eigenvalue weighted by Crippen LogP contribution is -2.06. The van der Waals surface area contributed by atoms with Crippen molar-refractivity contribution in [3.63, 3.8) is 0 Å². The Morgan fingerprint density at radius 3 is 2.41 bits per heavy atom. The lowest BCUT2D eigenvalue weighted by atomic mass is 10.1. The minimum Gasteiger partial charge on any atom is -0.497 e. The quantitative estimate of drug-likeness (QED) is 0.308. The topological polar surface area (TPSA) is 44.8 Å². The molecule has 4 nitrogen and oxygen atoms in total. The number of hydrogen-bond acceptors (Lipinski definition) is 4. The van der Waals surface area contributed by atoms with Gasteiger partial charge in [-0.1, -0.05) is 36.4 Å². The van der Waals surface area contributed by atoms with Crippen molar-refractivity contribution in [1.29, 1.82) is 0 Å². The second-order valence-electron chi connectivity index (χ2n) is 6.83. The highest BCUT2D eigenvalue weighted by molar-refractivity contribution is 6.07. The van der Waals surface area contributed by atoms with Gasteiger partial charge in [-0.2, -0.15) is 13.2 Å². The predicted octanol–water partition coefficient (Wildman–Crippen LogP) is 6.20. The monoisotopic (exact) mass is 442 g/mol. The number of ether oxygens (including phenoxy) is 3. The van der Waals surface area contributed by atoms with E-state index in [1.807, 2.05) is 0 Å². The highest BCUT2D eigenvalue weighted by Gasteiger charge is 2.30. The van der Waals surface area contributed by atoms with Crippen molar-refractivity contribution in [3.05, 3.63) is 95.1 Å². The van der Waals surface area contributed by atoms with Crippen LogP contribution in [0.25, 0.3) is 6.08 Å². The van der Waals surface area contributed by atoms with Crippen molar-refractivity contribution in [2.45, 2.75) is 12.8 Å². The number of halogens is 3. The van der Waals surface area contributed by atoms with E-state index in [4.69, 9.17) is 14.2 Å². The lowest BCUT2D eigenvalue weighted by molar-refractivity contribution is -0.137. The second kappa shape index (κ2) is 10.0. The van der Waals surface area contributed by atoms with Crippen LogP contribution in [-0.4, -0.2) is 20.0 Å². The molecule has 0 unspecified atom stereocenters. The maximum atomic E-state index is 12.9. The maximum absolute atomic E-state index is 12.9. The Morgan fingerprint density at radius 2 is 1.69 bits per heavy atom. The van der Waals surface area contributed by atoms with Crippen molar-refractivity contribution in [1.82, 2.24) is 0 Å². The summed E-state index contributed by atoms with van der Waals surface area (Å²) in [5, 5.41) is 0. The summed E-state index contributed by atoms with van der Waals surface area (Å²) in [6.45, 7) is -0.0518. The Balaban J connectivity index is 1.70. The number of rotatable bonds is 8. The molecule has 3 aromatic carbocycles. The molecule has 0 aliphatic heterocycles. The molecule has 0 radical (unpaired) electrons. The first-order chi connectivity index (χ1) is 15.3. The molecule has 3 aromatic rings. The Kier molecular flexibility index (Phi) is 7.20. The number of allylic oxidation sites excluding steroid dienone is 1. The van der Waals surface area contributed by atoms with E-state index in [0.29, 0.717) is 33.9 Å². The number of ketones is 1. The Bertz CT molecular complexity index is 1120. The van der Waals surface area contributed by atoms with Crippen LogP contribution >= 0.6 is 0 Å². The Labute approximate surface area is 183 Å². The standard InChI is InChI=1S/C25H21F3O4/c1-30-21-8-4-6-19(15-21)22(29)11-9-17-10-12-23(24(14-17)31-2)32-16-18-5-3-7-20(13-18)25(26,27)28/h3-15H,16H2,1-2H3/b11-9+. The number of carbonyl (C=O) groups is 1. The van der Waals surface area contributed by atoms with E-state index in [2.05, 4.69) is 0 Å². The van der Waals surface area contributed by atoms with E-state index in [0.717, 1.165) is 12.1 Å². The fourth-order valence-electron chi connectivity index (χ4n) is 2.95. The van der Waals surface area contributed by atoms with Crippen molar-refractivity contribution < 1.29 is 32.2 Å². The lowest BCUT2D eigenvalue weighted by Gasteiger charge is -2.13. The van der Waals surface area contributed by atoms with Gasteiger partial charge in [0, 0.05) is 5.56 Å². The molecule has 0 saturated carbocycles. The van der Waals surface area contributed by atoms with Crippen LogP contribution in [-0.2, 0) is 12.8 Å². The second-order valence-corrected chi connectivity index (χ2v) is 6.83. The van der Waals surface area contributed by atoms with Crippen LogP contribution in [0.1, 0.15) is 27.0 Å². The molecule has 0 fully saturated rings. The summed E-state index contributed by atoms with van der Waals surface area (Å²) in [6.07, 6.45) is -1.34. The number of methoxy groups -OCH3 is 2. The molecule has 0 atom stereocenters. The van der Waals surface area contributed by atoms with Crippen LogP contribution < -0.4 is 14.2 Å². The SMILES string of the molecule is COc1cccc(C(=O)/C=C/c2ccc(OCc3cccc(C(F)(F)F)c3)c(OC)c2)c1. The normalized spacial score (nSPS) is 11.4. The zero-order chi connectivity index (χ0) is 23.1. The molecule has 0 saturated heterocycles. The smallest absolute Gasteiger partial charge is 0.416 e. The minimum absolute atomic E-state index is 0.0518. The van der Waals surface area contributed by atoms with Crippen molar-refractivity contribution >= 4 is 11.9 Å². The van der Waals surface area contributed by atoms with Gasteiger partial charge >= 0.3 is 6.18 Å². The summed E-state index contributed by atoms with van der Waals surface area (Å²) in [7, 11) is 2.99. The molecule has 0 spiro atoms. The molecule has 3 rings (SSSR count). The third-order valence-electron chi connectivity index (χ3n) is 4.62. The van der Waals surface area contributed by atoms with E-state index in [9.17, 15) is 18.0 Å². The van der Waals surface area contributed by atoms with Crippen LogP contribution in [0.15, 0.2) is 72.8 Å². The van der Waals surface area contributed by atoms with Crippen molar-refractivity contribution in [2.75, 3.05) is 14.2 Å². The molecule has 0 aliphatic rings. The molecule has 0 amide bonds. The van der Waals surface area contributed by atoms with Gasteiger partial charge in [0.1, 0.15) is 12.4 Å². The first kappa shape index (κ1) is 22.9. The number of benzene rings is 3. The van der Waals surface area contributed by atoms with Gasteiger partial charge in [-0.15, -0.1) is 0 Å². The minimum atomic E-state index is -4.41. The van der Waals surface area contributed by atoms with Gasteiger partial charge in [0.15, 0.2) is 17.3 Å². The first-order valence-corrected chi connectivity index (χ1v) is 9.63. The third-order valence-corrected chi connectivity index (χ3v) is 4.62. The molecule has 166 valence electrons. The summed E-state index contributed by atoms with van der Waals surface area (Å²) >= 11 is 0. The summed E-state index contributed by atoms with van der Waals surface area (Å²) in [5.41, 5.74) is 0.847. The highest BCUT2D eigenvalue weighted by Crippen LogP contribution is 2.31. The van der Waals surface area contributed by atoms with Crippen LogP contribution in [0.3, 0.4) is 0 Å². The summed E-state index contributed by atoms with van der Waals surface area (Å²) in [6, 6.07) is 16.8. The average molecular weight is 442 g/mol. The van der Waals surface area contributed by atoms with Gasteiger partial charge < -0.3 is 14.2 Å². The number of alkyl halides is 3. The van der Waals surface area contributed by atoms with Crippen molar-refractivity contribution in [2.24, 2.45) is 0 Å². The molecular formula is C25H21F3O4. The first-order valence-electron chi connectivity index (χ1n) is 9.63. The maximum Gasteiger partial charge on any atom is 0.416 e. The number of carbonyl (C=O) groups excluding carboxylic acids is 1. The van der Waals surface area contributed by atoms with E-state index < -0.39 is 11.7 Å². The van der Waals surface area contributed by atoms with Crippen LogP contribution in [0.4, 0.5) is 13.2 Å². The van der Waals surface area contributed by atoms with Gasteiger partial charge in [0.05, 0.1) is 19.8 Å². The molecule has 0 N–H and O–H groups in total. The van der Waals surface area contributed by atoms with Gasteiger partial charge in [-0.3, -0.25) is 4.79 Å². The fourth-order valence-corrected chi connectivity index (χ4v) is 2.95. The fraction of sp³-hybridized carbons (Fsp3) is 0.160. The van der Waals surface area contributed by atoms with Crippen LogP contribution in [0.2, 0.25) is 0 Å². The zero-order valence-electron chi connectivity index (χ0n) is 17.5. The van der Waals surface area contributed by atoms with Gasteiger partial charge in [-0.05, 0) is 53.6 Å². The van der Waals surface area contributed by atoms with E-state index in [1.54, 1.807) is 54.6 Å². The molecular weight excluding hydrogens is 421 g/mol. The highest BCUT2D eigenvalue weighted by atomic mass is 19.4. The van der Waals surface area contributed by atoms with Crippen LogP contribution in [0.5, 0.6) is 17.2 Å². The molecule has 0 aromatic heterocycles. The molecule has 32 heavy (non-hydrogen) atoms. The summed E-state index contributed by atoms with van der Waals surface area (Å²) in [4.78, 5) is 12.4. The van der Waals surface area contributed by atoms with Gasteiger partial charge in [0.2, 0.25) is 0 Å². The third kappa shape index (κ3) is 5.91. The Morgan fingerprint density at radius 1 is 0.906 bits per heavy atom. The summed E-state index contributed by atoms with van der Waals surface area (Å²) < 4.78 is 54.7. The molecule has 0 bridgehead atoms. The number of hydrogen-bond donors (Lipinski definition) is 0. The molecule has 7 heteroatoms. The van der Waals surface area contributed by atoms with Gasteiger partial charge in [-0.25, -0.2) is 0 Å². The molecule has 0 heterocycles. The van der Waals surface area contributed by atoms with E-state index in [-0.39, 0.29) is 12.4 Å². The average Bonchev–Trinajstić information content (AvgIpc) is 2.81. The van der Waals surface area contributed by atoms with Gasteiger partial charge in [0.25, 0.3) is 0 Å². The van der Waals surface area contributed by atoms with E-state index in [1.165, 1.54) is 26.4 Å². The predicted molar refractivity (Wildman–Crippen MR) is 115 cm³/mol. The van der Waals surface area contributed by atoms with Crippen LogP contribution in [0, 0.1) is 0 Å². The van der Waals surface area contributed by atoms with Crippen molar-refractivity contribution in [3.8, 4) is 17.2 Å².